The summed E-state index contributed by atoms with van der Waals surface area (Å²) in [7, 11) is 0. The number of benzene rings is 2. The SMILES string of the molecule is O=C1NC(=O)N(c2cccc(Cl)c2)C(=O)/C1=C/c1ccccc1O. The average Bonchev–Trinajstić information content (AvgIpc) is 2.53. The maximum absolute atomic E-state index is 12.6. The molecule has 0 spiro atoms. The summed E-state index contributed by atoms with van der Waals surface area (Å²) in [6, 6.07) is 11.5. The van der Waals surface area contributed by atoms with Crippen LogP contribution in [0.15, 0.2) is 54.1 Å². The highest BCUT2D eigenvalue weighted by Crippen LogP contribution is 2.26. The number of carbonyl (C=O) groups is 3. The molecule has 1 heterocycles. The molecular formula is C17H11ClN2O4. The topological polar surface area (TPSA) is 86.7 Å². The number of urea groups is 1. The normalized spacial score (nSPS) is 16.5. The Morgan fingerprint density at radius 3 is 2.50 bits per heavy atom. The third kappa shape index (κ3) is 2.87. The fraction of sp³-hybridized carbons (Fsp3) is 0. The van der Waals surface area contributed by atoms with Crippen LogP contribution in [-0.2, 0) is 9.59 Å². The molecule has 120 valence electrons. The third-order valence-electron chi connectivity index (χ3n) is 3.40. The Morgan fingerprint density at radius 1 is 1.04 bits per heavy atom. The van der Waals surface area contributed by atoms with Gasteiger partial charge in [-0.25, -0.2) is 9.69 Å². The van der Waals surface area contributed by atoms with E-state index in [4.69, 9.17) is 11.6 Å². The Kier molecular flexibility index (Phi) is 4.05. The molecule has 1 aliphatic rings. The number of barbiturate groups is 1. The van der Waals surface area contributed by atoms with Gasteiger partial charge < -0.3 is 5.11 Å². The number of halogens is 1. The zero-order valence-electron chi connectivity index (χ0n) is 12.2. The molecule has 2 aromatic rings. The summed E-state index contributed by atoms with van der Waals surface area (Å²) in [6.45, 7) is 0. The van der Waals surface area contributed by atoms with Crippen molar-refractivity contribution in [3.05, 3.63) is 64.7 Å². The van der Waals surface area contributed by atoms with Gasteiger partial charge in [-0.2, -0.15) is 0 Å². The number of rotatable bonds is 2. The highest BCUT2D eigenvalue weighted by Gasteiger charge is 2.36. The molecule has 3 rings (SSSR count). The van der Waals surface area contributed by atoms with Crippen molar-refractivity contribution < 1.29 is 19.5 Å². The molecule has 0 aliphatic carbocycles. The first kappa shape index (κ1) is 15.8. The summed E-state index contributed by atoms with van der Waals surface area (Å²) < 4.78 is 0. The maximum atomic E-state index is 12.6. The van der Waals surface area contributed by atoms with E-state index in [1.165, 1.54) is 24.3 Å². The van der Waals surface area contributed by atoms with E-state index in [-0.39, 0.29) is 22.6 Å². The number of amides is 4. The van der Waals surface area contributed by atoms with E-state index in [0.29, 0.717) is 5.02 Å². The highest BCUT2D eigenvalue weighted by atomic mass is 35.5. The molecule has 0 saturated carbocycles. The summed E-state index contributed by atoms with van der Waals surface area (Å²) in [5, 5.41) is 12.2. The predicted molar refractivity (Wildman–Crippen MR) is 88.6 cm³/mol. The maximum Gasteiger partial charge on any atom is 0.335 e. The van der Waals surface area contributed by atoms with Crippen LogP contribution in [0, 0.1) is 0 Å². The zero-order chi connectivity index (χ0) is 17.3. The van der Waals surface area contributed by atoms with Crippen molar-refractivity contribution in [1.82, 2.24) is 5.32 Å². The quantitative estimate of drug-likeness (QED) is 0.649. The molecule has 4 amide bonds. The van der Waals surface area contributed by atoms with E-state index in [1.54, 1.807) is 30.3 Å². The van der Waals surface area contributed by atoms with Crippen LogP contribution in [0.4, 0.5) is 10.5 Å². The summed E-state index contributed by atoms with van der Waals surface area (Å²) in [6.07, 6.45) is 1.23. The number of anilines is 1. The minimum atomic E-state index is -0.860. The second kappa shape index (κ2) is 6.17. The highest BCUT2D eigenvalue weighted by molar-refractivity contribution is 6.39. The number of hydrogen-bond donors (Lipinski definition) is 2. The van der Waals surface area contributed by atoms with Crippen molar-refractivity contribution in [2.75, 3.05) is 4.90 Å². The van der Waals surface area contributed by atoms with Gasteiger partial charge in [-0.1, -0.05) is 35.9 Å². The lowest BCUT2D eigenvalue weighted by atomic mass is 10.1. The number of phenols is 1. The van der Waals surface area contributed by atoms with Crippen LogP contribution < -0.4 is 10.2 Å². The van der Waals surface area contributed by atoms with Crippen LogP contribution in [0.3, 0.4) is 0 Å². The van der Waals surface area contributed by atoms with Crippen molar-refractivity contribution in [2.45, 2.75) is 0 Å². The first-order chi connectivity index (χ1) is 11.5. The molecule has 1 aliphatic heterocycles. The number of aromatic hydroxyl groups is 1. The number of imide groups is 2. The number of para-hydroxylation sites is 1. The molecule has 24 heavy (non-hydrogen) atoms. The first-order valence-corrected chi connectivity index (χ1v) is 7.30. The molecule has 1 fully saturated rings. The van der Waals surface area contributed by atoms with Crippen LogP contribution >= 0.6 is 11.6 Å². The van der Waals surface area contributed by atoms with Crippen LogP contribution in [0.1, 0.15) is 5.56 Å². The van der Waals surface area contributed by atoms with E-state index in [9.17, 15) is 19.5 Å². The molecule has 0 radical (unpaired) electrons. The molecule has 7 heteroatoms. The van der Waals surface area contributed by atoms with Gasteiger partial charge in [0.2, 0.25) is 0 Å². The third-order valence-corrected chi connectivity index (χ3v) is 3.64. The molecule has 6 nitrogen and oxygen atoms in total. The van der Waals surface area contributed by atoms with Crippen LogP contribution in [-0.4, -0.2) is 23.0 Å². The molecule has 0 unspecified atom stereocenters. The fourth-order valence-corrected chi connectivity index (χ4v) is 2.46. The first-order valence-electron chi connectivity index (χ1n) is 6.92. The predicted octanol–water partition coefficient (Wildman–Crippen LogP) is 2.71. The van der Waals surface area contributed by atoms with Crippen molar-refractivity contribution in [3.63, 3.8) is 0 Å². The second-order valence-electron chi connectivity index (χ2n) is 5.00. The Balaban J connectivity index is 2.05. The minimum Gasteiger partial charge on any atom is -0.507 e. The average molecular weight is 343 g/mol. The van der Waals surface area contributed by atoms with E-state index in [1.807, 2.05) is 0 Å². The second-order valence-corrected chi connectivity index (χ2v) is 5.43. The molecule has 0 bridgehead atoms. The number of nitrogens with one attached hydrogen (secondary N) is 1. The van der Waals surface area contributed by atoms with Crippen molar-refractivity contribution in [3.8, 4) is 5.75 Å². The number of hydrogen-bond acceptors (Lipinski definition) is 4. The Hall–Kier alpha value is -3.12. The van der Waals surface area contributed by atoms with Gasteiger partial charge in [0, 0.05) is 10.6 Å². The number of nitrogens with zero attached hydrogens (tertiary/aromatic N) is 1. The lowest BCUT2D eigenvalue weighted by molar-refractivity contribution is -0.122. The molecular weight excluding hydrogens is 332 g/mol. The fourth-order valence-electron chi connectivity index (χ4n) is 2.27. The summed E-state index contributed by atoms with van der Waals surface area (Å²) in [5.74, 6) is -1.71. The van der Waals surface area contributed by atoms with E-state index in [2.05, 4.69) is 5.32 Å². The van der Waals surface area contributed by atoms with Gasteiger partial charge in [0.1, 0.15) is 11.3 Å². The minimum absolute atomic E-state index is 0.0863. The van der Waals surface area contributed by atoms with Gasteiger partial charge in [-0.05, 0) is 30.3 Å². The Morgan fingerprint density at radius 2 is 1.79 bits per heavy atom. The van der Waals surface area contributed by atoms with E-state index in [0.717, 1.165) is 4.90 Å². The zero-order valence-corrected chi connectivity index (χ0v) is 12.9. The smallest absolute Gasteiger partial charge is 0.335 e. The van der Waals surface area contributed by atoms with Gasteiger partial charge in [0.15, 0.2) is 0 Å². The lowest BCUT2D eigenvalue weighted by Crippen LogP contribution is -2.54. The van der Waals surface area contributed by atoms with Gasteiger partial charge >= 0.3 is 6.03 Å². The molecule has 2 aromatic carbocycles. The Labute approximate surface area is 142 Å². The van der Waals surface area contributed by atoms with E-state index >= 15 is 0 Å². The van der Waals surface area contributed by atoms with Gasteiger partial charge in [0.25, 0.3) is 11.8 Å². The summed E-state index contributed by atoms with van der Waals surface area (Å²) in [5.41, 5.74) is 0.258. The summed E-state index contributed by atoms with van der Waals surface area (Å²) in [4.78, 5) is 37.5. The Bertz CT molecular complexity index is 892. The molecule has 0 atom stereocenters. The largest absolute Gasteiger partial charge is 0.507 e. The number of carbonyl (C=O) groups excluding carboxylic acids is 3. The van der Waals surface area contributed by atoms with Crippen molar-refractivity contribution in [2.24, 2.45) is 0 Å². The summed E-state index contributed by atoms with van der Waals surface area (Å²) >= 11 is 5.89. The number of phenolic OH excluding ortho intramolecular Hbond substituents is 1. The van der Waals surface area contributed by atoms with Crippen molar-refractivity contribution in [1.29, 1.82) is 0 Å². The standard InChI is InChI=1S/C17H11ClN2O4/c18-11-5-3-6-12(9-11)20-16(23)13(15(22)19-17(20)24)8-10-4-1-2-7-14(10)21/h1-9,21H,(H,19,22,24)/b13-8+. The van der Waals surface area contributed by atoms with Crippen LogP contribution in [0.25, 0.3) is 6.08 Å². The molecule has 2 N–H and O–H groups in total. The van der Waals surface area contributed by atoms with Gasteiger partial charge in [-0.3, -0.25) is 14.9 Å². The van der Waals surface area contributed by atoms with Gasteiger partial charge in [0.05, 0.1) is 5.69 Å². The van der Waals surface area contributed by atoms with Crippen LogP contribution in [0.5, 0.6) is 5.75 Å². The molecule has 0 aromatic heterocycles. The van der Waals surface area contributed by atoms with E-state index < -0.39 is 17.8 Å². The molecule has 1 saturated heterocycles. The van der Waals surface area contributed by atoms with Gasteiger partial charge in [-0.15, -0.1) is 0 Å². The lowest BCUT2D eigenvalue weighted by Gasteiger charge is -2.26. The van der Waals surface area contributed by atoms with Crippen molar-refractivity contribution >= 4 is 41.2 Å². The van der Waals surface area contributed by atoms with Crippen LogP contribution in [0.2, 0.25) is 5.02 Å². The monoisotopic (exact) mass is 342 g/mol.